The van der Waals surface area contributed by atoms with Crippen molar-refractivity contribution < 1.29 is 28.5 Å². The van der Waals surface area contributed by atoms with Crippen LogP contribution in [-0.4, -0.2) is 39.0 Å². The van der Waals surface area contributed by atoms with Gasteiger partial charge in [-0.1, -0.05) is 205 Å². The molecule has 0 aliphatic heterocycles. The van der Waals surface area contributed by atoms with Crippen LogP contribution in [-0.2, 0) is 10.8 Å². The Bertz CT molecular complexity index is 2740. The van der Waals surface area contributed by atoms with Crippen molar-refractivity contribution in [1.29, 1.82) is 0 Å². The van der Waals surface area contributed by atoms with Gasteiger partial charge in [0.25, 0.3) is 0 Å². The fourth-order valence-electron chi connectivity index (χ4n) is 12.8. The van der Waals surface area contributed by atoms with E-state index in [4.69, 9.17) is 18.9 Å². The highest BCUT2D eigenvalue weighted by Gasteiger charge is 2.53. The van der Waals surface area contributed by atoms with E-state index in [1.165, 1.54) is 128 Å². The lowest BCUT2D eigenvalue weighted by Gasteiger charge is -2.35. The van der Waals surface area contributed by atoms with Crippen molar-refractivity contribution >= 4 is 35.2 Å². The normalized spacial score (nSPS) is 13.3. The van der Waals surface area contributed by atoms with Crippen LogP contribution < -0.4 is 18.9 Å². The highest BCUT2D eigenvalue weighted by molar-refractivity contribution is 7.15. The SMILES string of the molecule is CCCCCCCCOc1ccc(C2(c3ccc(OCCCCCCCC)cc3)c3cc4c(cc3-c3cc(C=O)sc32)C(c2ccc(OCCCCCCCC)cc2)(c2ccc(OCCCCCCCC)cc2)c2sc(C=O)cc2-4)cc1. The number of carbonyl (C=O) groups is 2. The highest BCUT2D eigenvalue weighted by atomic mass is 32.1. The minimum Gasteiger partial charge on any atom is -0.494 e. The van der Waals surface area contributed by atoms with Crippen molar-refractivity contribution in [2.45, 2.75) is 193 Å². The molecule has 7 aromatic rings. The van der Waals surface area contributed by atoms with Crippen LogP contribution in [0.1, 0.15) is 244 Å². The molecule has 5 aromatic carbocycles. The maximum atomic E-state index is 13.1. The molecule has 0 saturated carbocycles. The average molecular weight is 1140 g/mol. The van der Waals surface area contributed by atoms with Crippen molar-refractivity contribution in [3.05, 3.63) is 174 Å². The molecular formula is C74H90O6S2. The number of thiophene rings is 2. The van der Waals surface area contributed by atoms with Gasteiger partial charge in [0.15, 0.2) is 12.6 Å². The Morgan fingerprint density at radius 2 is 0.561 bits per heavy atom. The van der Waals surface area contributed by atoms with Crippen molar-refractivity contribution in [2.75, 3.05) is 26.4 Å². The molecule has 0 bridgehead atoms. The summed E-state index contributed by atoms with van der Waals surface area (Å²) in [6.07, 6.45) is 30.9. The smallest absolute Gasteiger partial charge is 0.160 e. The second-order valence-electron chi connectivity index (χ2n) is 23.0. The second kappa shape index (κ2) is 30.5. The topological polar surface area (TPSA) is 71.1 Å². The third kappa shape index (κ3) is 13.7. The molecule has 82 heavy (non-hydrogen) atoms. The van der Waals surface area contributed by atoms with Crippen molar-refractivity contribution in [3.8, 4) is 45.3 Å². The molecule has 6 nitrogen and oxygen atoms in total. The summed E-state index contributed by atoms with van der Waals surface area (Å²) in [5, 5.41) is 0. The van der Waals surface area contributed by atoms with Gasteiger partial charge in [-0.05, 0) is 154 Å². The van der Waals surface area contributed by atoms with E-state index in [9.17, 15) is 9.59 Å². The minimum atomic E-state index is -0.805. The summed E-state index contributed by atoms with van der Waals surface area (Å²) in [4.78, 5) is 29.8. The van der Waals surface area contributed by atoms with Gasteiger partial charge < -0.3 is 18.9 Å². The Kier molecular flexibility index (Phi) is 22.6. The van der Waals surface area contributed by atoms with E-state index in [-0.39, 0.29) is 0 Å². The van der Waals surface area contributed by atoms with Gasteiger partial charge in [0, 0.05) is 9.75 Å². The van der Waals surface area contributed by atoms with Crippen LogP contribution in [0.5, 0.6) is 23.0 Å². The molecule has 2 aliphatic carbocycles. The van der Waals surface area contributed by atoms with E-state index in [0.29, 0.717) is 36.2 Å². The molecule has 434 valence electrons. The van der Waals surface area contributed by atoms with Crippen LogP contribution in [0.25, 0.3) is 22.3 Å². The van der Waals surface area contributed by atoms with Crippen LogP contribution in [0.4, 0.5) is 0 Å². The maximum Gasteiger partial charge on any atom is 0.160 e. The lowest BCUT2D eigenvalue weighted by Crippen LogP contribution is -2.29. The number of hydrogen-bond acceptors (Lipinski definition) is 8. The molecule has 0 saturated heterocycles. The van der Waals surface area contributed by atoms with Gasteiger partial charge >= 0.3 is 0 Å². The van der Waals surface area contributed by atoms with E-state index in [1.54, 1.807) is 22.7 Å². The highest BCUT2D eigenvalue weighted by Crippen LogP contribution is 2.65. The first kappa shape index (κ1) is 60.6. The molecule has 2 aliphatic rings. The molecular weight excluding hydrogens is 1050 g/mol. The molecule has 0 unspecified atom stereocenters. The number of unbranched alkanes of at least 4 members (excludes halogenated alkanes) is 20. The Balaban J connectivity index is 1.16. The summed E-state index contributed by atoms with van der Waals surface area (Å²) in [7, 11) is 0. The van der Waals surface area contributed by atoms with Gasteiger partial charge in [-0.25, -0.2) is 0 Å². The number of ether oxygens (including phenoxy) is 4. The van der Waals surface area contributed by atoms with Gasteiger partial charge in [0.1, 0.15) is 23.0 Å². The fraction of sp³-hybridized carbons (Fsp3) is 0.459. The number of benzene rings is 5. The van der Waals surface area contributed by atoms with Gasteiger partial charge in [-0.3, -0.25) is 9.59 Å². The zero-order valence-corrected chi connectivity index (χ0v) is 51.4. The standard InChI is InChI=1S/C74H90O6S2/c1-5-9-13-17-21-25-45-77-59-37-29-55(30-38-59)73(56-31-39-60(40-32-56)78-46-26-22-18-14-10-6-2)69-51-66-68-50-64(54-76)82-72(68)74(70(66)52-65(69)67-49-63(53-75)81-71(67)73,57-33-41-61(42-34-57)79-47-27-23-19-15-11-7-3)58-35-43-62(44-36-58)80-48-28-24-20-16-12-8-4/h29-44,49-54H,5-28,45-48H2,1-4H3. The number of carbonyl (C=O) groups excluding carboxylic acids is 2. The molecule has 8 heteroatoms. The monoisotopic (exact) mass is 1140 g/mol. The zero-order valence-electron chi connectivity index (χ0n) is 49.8. The van der Waals surface area contributed by atoms with E-state index < -0.39 is 10.8 Å². The third-order valence-corrected chi connectivity index (χ3v) is 19.5. The Labute approximate surface area is 499 Å². The number of aldehydes is 2. The lowest BCUT2D eigenvalue weighted by molar-refractivity contribution is 0.111. The number of hydrogen-bond donors (Lipinski definition) is 0. The van der Waals surface area contributed by atoms with Crippen molar-refractivity contribution in [1.82, 2.24) is 0 Å². The Hall–Kier alpha value is -5.96. The van der Waals surface area contributed by atoms with Crippen LogP contribution in [0, 0.1) is 0 Å². The van der Waals surface area contributed by atoms with Gasteiger partial charge in [0.2, 0.25) is 0 Å². The minimum absolute atomic E-state index is 0.681. The van der Waals surface area contributed by atoms with E-state index >= 15 is 0 Å². The summed E-state index contributed by atoms with van der Waals surface area (Å²) in [6.45, 7) is 11.8. The first-order valence-electron chi connectivity index (χ1n) is 31.8. The quantitative estimate of drug-likeness (QED) is 0.0284. The zero-order chi connectivity index (χ0) is 57.0. The molecule has 0 amide bonds. The Morgan fingerprint density at radius 3 is 0.805 bits per heavy atom. The van der Waals surface area contributed by atoms with Gasteiger partial charge in [0.05, 0.1) is 47.0 Å². The largest absolute Gasteiger partial charge is 0.494 e. The lowest BCUT2D eigenvalue weighted by atomic mass is 9.68. The van der Waals surface area contributed by atoms with E-state index in [0.717, 1.165) is 127 Å². The predicted octanol–water partition coefficient (Wildman–Crippen LogP) is 21.1. The summed E-state index contributed by atoms with van der Waals surface area (Å²) in [5.41, 5.74) is 9.36. The summed E-state index contributed by atoms with van der Waals surface area (Å²) in [5.74, 6) is 3.41. The first-order valence-corrected chi connectivity index (χ1v) is 33.4. The molecule has 0 radical (unpaired) electrons. The number of rotatable bonds is 38. The first-order chi connectivity index (χ1) is 40.4. The second-order valence-corrected chi connectivity index (χ2v) is 25.2. The van der Waals surface area contributed by atoms with Gasteiger partial charge in [-0.2, -0.15) is 0 Å². The van der Waals surface area contributed by atoms with Crippen molar-refractivity contribution in [2.24, 2.45) is 0 Å². The Morgan fingerprint density at radius 1 is 0.317 bits per heavy atom. The summed E-state index contributed by atoms with van der Waals surface area (Å²) >= 11 is 3.16. The predicted molar refractivity (Wildman–Crippen MR) is 343 cm³/mol. The maximum absolute atomic E-state index is 13.1. The van der Waals surface area contributed by atoms with Gasteiger partial charge in [-0.15, -0.1) is 22.7 Å². The molecule has 9 rings (SSSR count). The summed E-state index contributed by atoms with van der Waals surface area (Å²) in [6, 6.07) is 44.0. The van der Waals surface area contributed by atoms with E-state index in [2.05, 4.69) is 149 Å². The molecule has 0 fully saturated rings. The molecule has 2 aromatic heterocycles. The third-order valence-electron chi connectivity index (χ3n) is 17.2. The van der Waals surface area contributed by atoms with E-state index in [1.807, 2.05) is 0 Å². The molecule has 0 N–H and O–H groups in total. The summed E-state index contributed by atoms with van der Waals surface area (Å²) < 4.78 is 25.7. The van der Waals surface area contributed by atoms with Crippen LogP contribution >= 0.6 is 22.7 Å². The van der Waals surface area contributed by atoms with Crippen LogP contribution in [0.2, 0.25) is 0 Å². The van der Waals surface area contributed by atoms with Crippen molar-refractivity contribution in [3.63, 3.8) is 0 Å². The molecule has 2 heterocycles. The molecule has 0 spiro atoms. The number of fused-ring (bicyclic) bond motifs is 6. The average Bonchev–Trinajstić information content (AvgIpc) is 4.35. The fourth-order valence-corrected chi connectivity index (χ4v) is 15.3. The van der Waals surface area contributed by atoms with Crippen LogP contribution in [0.3, 0.4) is 0 Å². The van der Waals surface area contributed by atoms with Crippen LogP contribution in [0.15, 0.2) is 121 Å². The molecule has 0 atom stereocenters.